The highest BCUT2D eigenvalue weighted by Gasteiger charge is 2.22. The quantitative estimate of drug-likeness (QED) is 0.802. The highest BCUT2D eigenvalue weighted by Crippen LogP contribution is 2.20. The molecule has 0 saturated carbocycles. The van der Waals surface area contributed by atoms with E-state index in [0.717, 1.165) is 12.1 Å². The molecule has 0 bridgehead atoms. The lowest BCUT2D eigenvalue weighted by molar-refractivity contribution is -0.139. The second-order valence-corrected chi connectivity index (χ2v) is 3.33. The number of nitrogens with two attached hydrogens (primary N) is 1. The fraction of sp³-hybridized carbons (Fsp3) is 0.300. The topological polar surface area (TPSA) is 63.3 Å². The van der Waals surface area contributed by atoms with Gasteiger partial charge in [0, 0.05) is 5.92 Å². The van der Waals surface area contributed by atoms with Crippen LogP contribution >= 0.6 is 0 Å². The summed E-state index contributed by atoms with van der Waals surface area (Å²) < 4.78 is 25.4. The van der Waals surface area contributed by atoms with Gasteiger partial charge >= 0.3 is 5.97 Å². The van der Waals surface area contributed by atoms with Gasteiger partial charge in [0.25, 0.3) is 0 Å². The predicted molar refractivity (Wildman–Crippen MR) is 50.4 cm³/mol. The lowest BCUT2D eigenvalue weighted by Crippen LogP contribution is -2.35. The van der Waals surface area contributed by atoms with Crippen molar-refractivity contribution in [1.82, 2.24) is 0 Å². The van der Waals surface area contributed by atoms with E-state index >= 15 is 0 Å². The molecule has 1 rings (SSSR count). The number of hydrogen-bond donors (Lipinski definition) is 2. The molecule has 0 aliphatic carbocycles. The van der Waals surface area contributed by atoms with E-state index in [2.05, 4.69) is 0 Å². The number of benzene rings is 1. The van der Waals surface area contributed by atoms with E-state index < -0.39 is 29.6 Å². The van der Waals surface area contributed by atoms with Crippen molar-refractivity contribution in [2.24, 2.45) is 5.73 Å². The Labute approximate surface area is 85.5 Å². The lowest BCUT2D eigenvalue weighted by atomic mass is 9.94. The summed E-state index contributed by atoms with van der Waals surface area (Å²) in [5, 5.41) is 8.64. The maximum absolute atomic E-state index is 12.8. The molecule has 0 fully saturated rings. The summed E-state index contributed by atoms with van der Waals surface area (Å²) in [5.41, 5.74) is 5.73. The molecule has 1 aromatic carbocycles. The van der Waals surface area contributed by atoms with E-state index in [1.807, 2.05) is 0 Å². The molecule has 2 atom stereocenters. The second kappa shape index (κ2) is 4.35. The Morgan fingerprint density at radius 2 is 2.00 bits per heavy atom. The molecule has 15 heavy (non-hydrogen) atoms. The molecule has 82 valence electrons. The lowest BCUT2D eigenvalue weighted by Gasteiger charge is -2.16. The van der Waals surface area contributed by atoms with Crippen molar-refractivity contribution in [3.63, 3.8) is 0 Å². The molecule has 0 aliphatic heterocycles. The largest absolute Gasteiger partial charge is 0.480 e. The van der Waals surface area contributed by atoms with Gasteiger partial charge in [-0.05, 0) is 17.7 Å². The zero-order valence-corrected chi connectivity index (χ0v) is 8.08. The van der Waals surface area contributed by atoms with Gasteiger partial charge in [-0.1, -0.05) is 13.0 Å². The first kappa shape index (κ1) is 11.6. The van der Waals surface area contributed by atoms with Crippen LogP contribution in [0, 0.1) is 11.6 Å². The summed E-state index contributed by atoms with van der Waals surface area (Å²) in [6, 6.07) is 2.11. The van der Waals surface area contributed by atoms with Crippen LogP contribution in [-0.2, 0) is 4.79 Å². The number of carboxylic acids is 1. The average molecular weight is 215 g/mol. The average Bonchev–Trinajstić information content (AvgIpc) is 2.19. The molecule has 0 aliphatic rings. The molecule has 0 heterocycles. The first-order valence-electron chi connectivity index (χ1n) is 4.37. The maximum Gasteiger partial charge on any atom is 0.321 e. The molecule has 0 amide bonds. The van der Waals surface area contributed by atoms with Gasteiger partial charge in [0.2, 0.25) is 0 Å². The minimum Gasteiger partial charge on any atom is -0.480 e. The molecule has 3 N–H and O–H groups in total. The van der Waals surface area contributed by atoms with Crippen molar-refractivity contribution in [1.29, 1.82) is 0 Å². The molecule has 5 heteroatoms. The molecule has 2 unspecified atom stereocenters. The van der Waals surface area contributed by atoms with Crippen LogP contribution in [0.1, 0.15) is 18.4 Å². The number of rotatable bonds is 3. The fourth-order valence-electron chi connectivity index (χ4n) is 1.22. The minimum absolute atomic E-state index is 0.365. The third-order valence-electron chi connectivity index (χ3n) is 2.29. The number of hydrogen-bond acceptors (Lipinski definition) is 2. The van der Waals surface area contributed by atoms with Crippen LogP contribution in [0.3, 0.4) is 0 Å². The molecular weight excluding hydrogens is 204 g/mol. The van der Waals surface area contributed by atoms with Crippen molar-refractivity contribution in [2.75, 3.05) is 0 Å². The first-order chi connectivity index (χ1) is 6.93. The SMILES string of the molecule is CC(c1ccc(F)c(F)c1)C(N)C(=O)O. The minimum atomic E-state index is -1.17. The number of aliphatic carboxylic acids is 1. The van der Waals surface area contributed by atoms with E-state index in [4.69, 9.17) is 10.8 Å². The fourth-order valence-corrected chi connectivity index (χ4v) is 1.22. The molecule has 0 saturated heterocycles. The molecular formula is C10H11F2NO2. The first-order valence-corrected chi connectivity index (χ1v) is 4.37. The zero-order chi connectivity index (χ0) is 11.6. The molecule has 3 nitrogen and oxygen atoms in total. The summed E-state index contributed by atoms with van der Waals surface area (Å²) in [6.07, 6.45) is 0. The Morgan fingerprint density at radius 1 is 1.40 bits per heavy atom. The van der Waals surface area contributed by atoms with Crippen molar-refractivity contribution in [3.05, 3.63) is 35.4 Å². The normalized spacial score (nSPS) is 14.7. The third kappa shape index (κ3) is 2.50. The smallest absolute Gasteiger partial charge is 0.321 e. The third-order valence-corrected chi connectivity index (χ3v) is 2.29. The summed E-state index contributed by atoms with van der Waals surface area (Å²) >= 11 is 0. The van der Waals surface area contributed by atoms with Crippen molar-refractivity contribution >= 4 is 5.97 Å². The standard InChI is InChI=1S/C10H11F2NO2/c1-5(9(13)10(14)15)6-2-3-7(11)8(12)4-6/h2-5,9H,13H2,1H3,(H,14,15). The van der Waals surface area contributed by atoms with Gasteiger partial charge < -0.3 is 10.8 Å². The number of halogens is 2. The Balaban J connectivity index is 2.96. The Hall–Kier alpha value is -1.49. The summed E-state index contributed by atoms with van der Waals surface area (Å²) in [5.74, 6) is -3.71. The van der Waals surface area contributed by atoms with Gasteiger partial charge in [-0.2, -0.15) is 0 Å². The van der Waals surface area contributed by atoms with Crippen LogP contribution in [0.2, 0.25) is 0 Å². The zero-order valence-electron chi connectivity index (χ0n) is 8.08. The van der Waals surface area contributed by atoms with E-state index in [1.165, 1.54) is 6.07 Å². The van der Waals surface area contributed by atoms with Crippen LogP contribution < -0.4 is 5.73 Å². The highest BCUT2D eigenvalue weighted by atomic mass is 19.2. The highest BCUT2D eigenvalue weighted by molar-refractivity contribution is 5.74. The van der Waals surface area contributed by atoms with Gasteiger partial charge in [0.05, 0.1) is 0 Å². The van der Waals surface area contributed by atoms with Crippen LogP contribution in [0.4, 0.5) is 8.78 Å². The van der Waals surface area contributed by atoms with Crippen LogP contribution in [0.5, 0.6) is 0 Å². The number of carbonyl (C=O) groups is 1. The summed E-state index contributed by atoms with van der Waals surface area (Å²) in [7, 11) is 0. The Bertz CT molecular complexity index is 382. The number of carboxylic acid groups (broad SMARTS) is 1. The van der Waals surface area contributed by atoms with Crippen molar-refractivity contribution in [2.45, 2.75) is 18.9 Å². The van der Waals surface area contributed by atoms with Gasteiger partial charge in [-0.15, -0.1) is 0 Å². The molecule has 0 radical (unpaired) electrons. The van der Waals surface area contributed by atoms with Crippen molar-refractivity contribution in [3.8, 4) is 0 Å². The molecule has 0 aromatic heterocycles. The summed E-state index contributed by atoms with van der Waals surface area (Å²) in [4.78, 5) is 10.6. The predicted octanol–water partition coefficient (Wildman–Crippen LogP) is 1.48. The second-order valence-electron chi connectivity index (χ2n) is 3.33. The van der Waals surface area contributed by atoms with E-state index in [1.54, 1.807) is 6.92 Å². The molecule has 0 spiro atoms. The van der Waals surface area contributed by atoms with Crippen molar-refractivity contribution < 1.29 is 18.7 Å². The summed E-state index contributed by atoms with van der Waals surface area (Å²) in [6.45, 7) is 1.55. The van der Waals surface area contributed by atoms with Gasteiger partial charge in [-0.3, -0.25) is 4.79 Å². The molecule has 1 aromatic rings. The van der Waals surface area contributed by atoms with Gasteiger partial charge in [-0.25, -0.2) is 8.78 Å². The van der Waals surface area contributed by atoms with Gasteiger partial charge in [0.1, 0.15) is 6.04 Å². The maximum atomic E-state index is 12.8. The van der Waals surface area contributed by atoms with E-state index in [0.29, 0.717) is 5.56 Å². The van der Waals surface area contributed by atoms with Crippen LogP contribution in [0.25, 0.3) is 0 Å². The van der Waals surface area contributed by atoms with E-state index in [-0.39, 0.29) is 0 Å². The Kier molecular flexibility index (Phi) is 3.36. The Morgan fingerprint density at radius 3 is 2.47 bits per heavy atom. The van der Waals surface area contributed by atoms with Gasteiger partial charge in [0.15, 0.2) is 11.6 Å². The monoisotopic (exact) mass is 215 g/mol. The van der Waals surface area contributed by atoms with Crippen LogP contribution in [0.15, 0.2) is 18.2 Å². The van der Waals surface area contributed by atoms with Crippen LogP contribution in [-0.4, -0.2) is 17.1 Å². The van der Waals surface area contributed by atoms with E-state index in [9.17, 15) is 13.6 Å².